The highest BCUT2D eigenvalue weighted by atomic mass is 35.5. The van der Waals surface area contributed by atoms with Crippen LogP contribution < -0.4 is 5.32 Å². The number of nitrogens with one attached hydrogen (secondary N) is 1. The molecule has 0 aromatic heterocycles. The molecular weight excluding hydrogens is 202 g/mol. The molecule has 1 N–H and O–H groups in total. The van der Waals surface area contributed by atoms with Gasteiger partial charge in [0.2, 0.25) is 0 Å². The number of methoxy groups -OCH3 is 1. The van der Waals surface area contributed by atoms with Gasteiger partial charge in [0.05, 0.1) is 12.7 Å². The molecule has 1 aromatic rings. The normalized spacial score (nSPS) is 12.4. The molecule has 0 atom stereocenters. The van der Waals surface area contributed by atoms with Gasteiger partial charge in [-0.1, -0.05) is 0 Å². The lowest BCUT2D eigenvalue weighted by Gasteiger charge is -2.02. The molecule has 3 nitrogen and oxygen atoms in total. The maximum absolute atomic E-state index is 11.2. The Bertz CT molecular complexity index is 352. The van der Waals surface area contributed by atoms with Crippen molar-refractivity contribution in [2.75, 3.05) is 19.0 Å². The van der Waals surface area contributed by atoms with Crippen molar-refractivity contribution in [1.82, 2.24) is 0 Å². The average molecular weight is 214 g/mol. The summed E-state index contributed by atoms with van der Waals surface area (Å²) in [5.41, 5.74) is 2.96. The van der Waals surface area contributed by atoms with E-state index in [9.17, 15) is 4.79 Å². The Labute approximate surface area is 88.9 Å². The predicted octanol–water partition coefficient (Wildman–Crippen LogP) is 1.86. The van der Waals surface area contributed by atoms with Crippen molar-refractivity contribution in [2.45, 2.75) is 6.42 Å². The second-order valence-electron chi connectivity index (χ2n) is 3.04. The van der Waals surface area contributed by atoms with Crippen molar-refractivity contribution in [3.8, 4) is 0 Å². The summed E-state index contributed by atoms with van der Waals surface area (Å²) in [6.07, 6.45) is 0.986. The number of carbonyl (C=O) groups is 1. The largest absolute Gasteiger partial charge is 0.465 e. The smallest absolute Gasteiger partial charge is 0.337 e. The van der Waals surface area contributed by atoms with Gasteiger partial charge in [-0.05, 0) is 30.2 Å². The number of hydrogen-bond acceptors (Lipinski definition) is 3. The molecule has 0 saturated heterocycles. The van der Waals surface area contributed by atoms with Crippen LogP contribution in [0.2, 0.25) is 0 Å². The zero-order valence-electron chi connectivity index (χ0n) is 7.87. The first-order chi connectivity index (χ1) is 6.31. The summed E-state index contributed by atoms with van der Waals surface area (Å²) in [7, 11) is 1.40. The molecule has 1 heterocycles. The lowest BCUT2D eigenvalue weighted by atomic mass is 10.1. The van der Waals surface area contributed by atoms with Crippen molar-refractivity contribution in [2.24, 2.45) is 0 Å². The second kappa shape index (κ2) is 4.33. The van der Waals surface area contributed by atoms with Crippen LogP contribution in [0.3, 0.4) is 0 Å². The van der Waals surface area contributed by atoms with Gasteiger partial charge in [-0.3, -0.25) is 0 Å². The number of anilines is 1. The molecule has 0 unspecified atom stereocenters. The summed E-state index contributed by atoms with van der Waals surface area (Å²) >= 11 is 0. The van der Waals surface area contributed by atoms with E-state index in [4.69, 9.17) is 0 Å². The highest BCUT2D eigenvalue weighted by Gasteiger charge is 2.12. The minimum absolute atomic E-state index is 0. The van der Waals surface area contributed by atoms with Crippen molar-refractivity contribution >= 4 is 24.1 Å². The first kappa shape index (κ1) is 10.9. The van der Waals surface area contributed by atoms with Crippen molar-refractivity contribution in [1.29, 1.82) is 0 Å². The fourth-order valence-corrected chi connectivity index (χ4v) is 1.55. The van der Waals surface area contributed by atoms with Crippen LogP contribution in [0.5, 0.6) is 0 Å². The third-order valence-electron chi connectivity index (χ3n) is 2.24. The van der Waals surface area contributed by atoms with Gasteiger partial charge in [0.25, 0.3) is 0 Å². The molecule has 76 valence electrons. The van der Waals surface area contributed by atoms with E-state index in [1.54, 1.807) is 6.07 Å². The molecule has 0 saturated carbocycles. The third kappa shape index (κ3) is 1.82. The number of benzene rings is 1. The zero-order chi connectivity index (χ0) is 9.26. The highest BCUT2D eigenvalue weighted by Crippen LogP contribution is 2.23. The van der Waals surface area contributed by atoms with Crippen molar-refractivity contribution in [3.05, 3.63) is 29.3 Å². The minimum atomic E-state index is -0.269. The van der Waals surface area contributed by atoms with E-state index >= 15 is 0 Å². The fourth-order valence-electron chi connectivity index (χ4n) is 1.55. The average Bonchev–Trinajstić information content (AvgIpc) is 2.63. The van der Waals surface area contributed by atoms with Gasteiger partial charge in [-0.25, -0.2) is 4.79 Å². The van der Waals surface area contributed by atoms with Crippen LogP contribution in [-0.4, -0.2) is 19.6 Å². The molecule has 1 aliphatic rings. The summed E-state index contributed by atoms with van der Waals surface area (Å²) in [6, 6.07) is 5.60. The van der Waals surface area contributed by atoms with E-state index in [1.165, 1.54) is 12.7 Å². The number of fused-ring (bicyclic) bond motifs is 1. The van der Waals surface area contributed by atoms with Gasteiger partial charge in [-0.15, -0.1) is 12.4 Å². The second-order valence-corrected chi connectivity index (χ2v) is 3.04. The molecule has 1 aliphatic heterocycles. The summed E-state index contributed by atoms with van der Waals surface area (Å²) in [4.78, 5) is 11.2. The Kier molecular flexibility index (Phi) is 3.36. The number of esters is 1. The maximum Gasteiger partial charge on any atom is 0.337 e. The van der Waals surface area contributed by atoms with Gasteiger partial charge >= 0.3 is 5.97 Å². The summed E-state index contributed by atoms with van der Waals surface area (Å²) in [5.74, 6) is -0.269. The van der Waals surface area contributed by atoms with Crippen LogP contribution in [0.4, 0.5) is 5.69 Å². The molecule has 0 radical (unpaired) electrons. The van der Waals surface area contributed by atoms with Crippen LogP contribution in [-0.2, 0) is 11.2 Å². The maximum atomic E-state index is 11.2. The zero-order valence-corrected chi connectivity index (χ0v) is 8.69. The van der Waals surface area contributed by atoms with Gasteiger partial charge in [0.15, 0.2) is 0 Å². The molecule has 0 amide bonds. The van der Waals surface area contributed by atoms with E-state index in [1.807, 2.05) is 12.1 Å². The number of hydrogen-bond donors (Lipinski definition) is 1. The first-order valence-corrected chi connectivity index (χ1v) is 4.26. The van der Waals surface area contributed by atoms with Gasteiger partial charge < -0.3 is 10.1 Å². The van der Waals surface area contributed by atoms with Crippen LogP contribution in [0.25, 0.3) is 0 Å². The molecule has 4 heteroatoms. The van der Waals surface area contributed by atoms with E-state index < -0.39 is 0 Å². The molecular formula is C10H12ClNO2. The van der Waals surface area contributed by atoms with Crippen molar-refractivity contribution < 1.29 is 9.53 Å². The lowest BCUT2D eigenvalue weighted by Crippen LogP contribution is -2.01. The van der Waals surface area contributed by atoms with Gasteiger partial charge in [-0.2, -0.15) is 0 Å². The molecule has 0 fully saturated rings. The number of ether oxygens (including phenoxy) is 1. The Hall–Kier alpha value is -1.22. The summed E-state index contributed by atoms with van der Waals surface area (Å²) < 4.78 is 4.64. The quantitative estimate of drug-likeness (QED) is 0.724. The third-order valence-corrected chi connectivity index (χ3v) is 2.24. The highest BCUT2D eigenvalue weighted by molar-refractivity contribution is 5.90. The Morgan fingerprint density at radius 3 is 3.00 bits per heavy atom. The minimum Gasteiger partial charge on any atom is -0.465 e. The molecule has 0 aliphatic carbocycles. The monoisotopic (exact) mass is 213 g/mol. The van der Waals surface area contributed by atoms with Gasteiger partial charge in [0.1, 0.15) is 0 Å². The van der Waals surface area contributed by atoms with Crippen LogP contribution >= 0.6 is 12.4 Å². The van der Waals surface area contributed by atoms with Crippen LogP contribution in [0.15, 0.2) is 18.2 Å². The first-order valence-electron chi connectivity index (χ1n) is 4.26. The summed E-state index contributed by atoms with van der Waals surface area (Å²) in [6.45, 7) is 0.958. The topological polar surface area (TPSA) is 38.3 Å². The Morgan fingerprint density at radius 2 is 2.29 bits per heavy atom. The van der Waals surface area contributed by atoms with Crippen LogP contribution in [0, 0.1) is 0 Å². The summed E-state index contributed by atoms with van der Waals surface area (Å²) in [5, 5.41) is 3.23. The number of halogens is 1. The van der Waals surface area contributed by atoms with Gasteiger partial charge in [0, 0.05) is 12.2 Å². The molecule has 1 aromatic carbocycles. The molecule has 0 spiro atoms. The predicted molar refractivity (Wildman–Crippen MR) is 57.2 cm³/mol. The number of carbonyl (C=O) groups excluding carboxylic acids is 1. The van der Waals surface area contributed by atoms with Crippen LogP contribution in [0.1, 0.15) is 15.9 Å². The van der Waals surface area contributed by atoms with E-state index in [-0.39, 0.29) is 18.4 Å². The molecule has 2 rings (SSSR count). The van der Waals surface area contributed by atoms with E-state index in [2.05, 4.69) is 10.1 Å². The van der Waals surface area contributed by atoms with E-state index in [0.717, 1.165) is 18.7 Å². The van der Waals surface area contributed by atoms with Crippen molar-refractivity contribution in [3.63, 3.8) is 0 Å². The molecule has 14 heavy (non-hydrogen) atoms. The van der Waals surface area contributed by atoms with E-state index in [0.29, 0.717) is 5.56 Å². The Morgan fingerprint density at radius 1 is 1.50 bits per heavy atom. The standard InChI is InChI=1S/C10H11NO2.ClH/c1-13-10(12)8-2-3-9-7(6-8)4-5-11-9;/h2-3,6,11H,4-5H2,1H3;1H. The molecule has 0 bridgehead atoms. The Balaban J connectivity index is 0.000000980. The lowest BCUT2D eigenvalue weighted by molar-refractivity contribution is 0.0600. The SMILES string of the molecule is COC(=O)c1ccc2c(c1)CCN2.Cl. The fraction of sp³-hybridized carbons (Fsp3) is 0.300. The number of rotatable bonds is 1.